The van der Waals surface area contributed by atoms with Gasteiger partial charge in [0.1, 0.15) is 11.3 Å². The number of hydrogen-bond donors (Lipinski definition) is 1. The van der Waals surface area contributed by atoms with Crippen LogP contribution in [-0.2, 0) is 6.54 Å². The maximum atomic E-state index is 6.23. The monoisotopic (exact) mass is 418 g/mol. The zero-order valence-electron chi connectivity index (χ0n) is 17.6. The summed E-state index contributed by atoms with van der Waals surface area (Å²) < 4.78 is 9.20. The van der Waals surface area contributed by atoms with Crippen LogP contribution in [0.4, 0.5) is 11.6 Å². The van der Waals surface area contributed by atoms with E-state index in [1.165, 1.54) is 18.5 Å². The minimum Gasteiger partial charge on any atom is -0.494 e. The fraction of sp³-hybridized carbons (Fsp3) is 0.455. The molecule has 0 radical (unpaired) electrons. The van der Waals surface area contributed by atoms with Crippen LogP contribution in [0.3, 0.4) is 0 Å². The average molecular weight is 419 g/mol. The van der Waals surface area contributed by atoms with E-state index in [2.05, 4.69) is 25.9 Å². The van der Waals surface area contributed by atoms with Crippen LogP contribution >= 0.6 is 0 Å². The van der Waals surface area contributed by atoms with Crippen LogP contribution in [-0.4, -0.2) is 49.6 Å². The highest BCUT2D eigenvalue weighted by Gasteiger charge is 2.27. The highest BCUT2D eigenvalue weighted by atomic mass is 16.5. The number of nitrogens with two attached hydrogens (primary N) is 1. The normalized spacial score (nSPS) is 19.4. The predicted molar refractivity (Wildman–Crippen MR) is 118 cm³/mol. The first-order valence-electron chi connectivity index (χ1n) is 11.0. The van der Waals surface area contributed by atoms with Crippen LogP contribution < -0.4 is 15.4 Å². The summed E-state index contributed by atoms with van der Waals surface area (Å²) in [5, 5.41) is 10.2. The lowest BCUT2D eigenvalue weighted by Crippen LogP contribution is -2.34. The molecule has 6 rings (SSSR count). The minimum atomic E-state index is 0.237. The van der Waals surface area contributed by atoms with Gasteiger partial charge in [-0.05, 0) is 43.7 Å². The van der Waals surface area contributed by atoms with Gasteiger partial charge >= 0.3 is 0 Å². The van der Waals surface area contributed by atoms with Crippen molar-refractivity contribution in [3.8, 4) is 5.75 Å². The Morgan fingerprint density at radius 2 is 2.10 bits per heavy atom. The van der Waals surface area contributed by atoms with Crippen LogP contribution in [0.5, 0.6) is 5.75 Å². The molecule has 1 saturated heterocycles. The number of hydrogen-bond acceptors (Lipinski definition) is 7. The lowest BCUT2D eigenvalue weighted by molar-refractivity contribution is 0.419. The second kappa shape index (κ2) is 7.11. The Labute approximate surface area is 179 Å². The molecule has 3 aromatic heterocycles. The summed E-state index contributed by atoms with van der Waals surface area (Å²) >= 11 is 0. The second-order valence-corrected chi connectivity index (χ2v) is 8.68. The van der Waals surface area contributed by atoms with E-state index in [4.69, 9.17) is 20.6 Å². The Morgan fingerprint density at radius 1 is 1.19 bits per heavy atom. The fourth-order valence-corrected chi connectivity index (χ4v) is 4.58. The van der Waals surface area contributed by atoms with Crippen molar-refractivity contribution in [2.75, 3.05) is 30.8 Å². The van der Waals surface area contributed by atoms with E-state index in [0.717, 1.165) is 55.3 Å². The molecule has 1 aliphatic heterocycles. The summed E-state index contributed by atoms with van der Waals surface area (Å²) in [7, 11) is 1.63. The molecule has 160 valence electrons. The molecule has 2 fully saturated rings. The predicted octanol–water partition coefficient (Wildman–Crippen LogP) is 2.86. The van der Waals surface area contributed by atoms with Gasteiger partial charge in [0, 0.05) is 37.1 Å². The Hall–Kier alpha value is -3.36. The van der Waals surface area contributed by atoms with E-state index in [9.17, 15) is 0 Å². The molecule has 31 heavy (non-hydrogen) atoms. The molecule has 1 aromatic carbocycles. The zero-order valence-corrected chi connectivity index (χ0v) is 17.6. The van der Waals surface area contributed by atoms with E-state index < -0.39 is 0 Å². The molecular weight excluding hydrogens is 392 g/mol. The van der Waals surface area contributed by atoms with Crippen molar-refractivity contribution >= 4 is 28.2 Å². The van der Waals surface area contributed by atoms with Crippen LogP contribution in [0.15, 0.2) is 30.6 Å². The third-order valence-corrected chi connectivity index (χ3v) is 6.44. The van der Waals surface area contributed by atoms with Gasteiger partial charge in [0.25, 0.3) is 0 Å². The zero-order chi connectivity index (χ0) is 20.9. The quantitative estimate of drug-likeness (QED) is 0.532. The van der Waals surface area contributed by atoms with Crippen molar-refractivity contribution < 1.29 is 4.74 Å². The van der Waals surface area contributed by atoms with E-state index in [0.29, 0.717) is 17.2 Å². The molecule has 1 aliphatic carbocycles. The number of piperidine rings is 1. The molecule has 4 aromatic rings. The molecule has 0 unspecified atom stereocenters. The third kappa shape index (κ3) is 3.24. The van der Waals surface area contributed by atoms with Gasteiger partial charge in [-0.1, -0.05) is 6.07 Å². The Balaban J connectivity index is 1.32. The highest BCUT2D eigenvalue weighted by Crippen LogP contribution is 2.33. The number of methoxy groups -OCH3 is 1. The molecule has 0 amide bonds. The molecule has 9 nitrogen and oxygen atoms in total. The highest BCUT2D eigenvalue weighted by molar-refractivity contribution is 5.95. The SMILES string of the molecule is COc1cccc2c1nc(N)n1nc([C@@H]3CCCN(c4cnn(CC5CC5)c4)C3)nc21. The van der Waals surface area contributed by atoms with Crippen LogP contribution in [0.25, 0.3) is 16.6 Å². The summed E-state index contributed by atoms with van der Waals surface area (Å²) in [5.74, 6) is 2.87. The average Bonchev–Trinajstić information content (AvgIpc) is 3.29. The Kier molecular flexibility index (Phi) is 4.22. The largest absolute Gasteiger partial charge is 0.494 e. The number of rotatable bonds is 5. The van der Waals surface area contributed by atoms with Crippen molar-refractivity contribution in [2.24, 2.45) is 5.92 Å². The number of nitrogens with zero attached hydrogens (tertiary/aromatic N) is 7. The lowest BCUT2D eigenvalue weighted by Gasteiger charge is -2.32. The maximum Gasteiger partial charge on any atom is 0.223 e. The summed E-state index contributed by atoms with van der Waals surface area (Å²) in [6.07, 6.45) is 8.98. The smallest absolute Gasteiger partial charge is 0.223 e. The van der Waals surface area contributed by atoms with Gasteiger partial charge in [-0.15, -0.1) is 5.10 Å². The standard InChI is InChI=1S/C22H26N8O/c1-31-18-6-2-5-17-19(18)25-22(23)30-21(17)26-20(27-30)15-4-3-9-28(12-15)16-10-24-29(13-16)11-14-7-8-14/h2,5-6,10,13-15H,3-4,7-9,11-12H2,1H3,(H2,23,25)/t15-/m1/s1. The number of aromatic nitrogens is 6. The van der Waals surface area contributed by atoms with Crippen molar-refractivity contribution in [1.29, 1.82) is 0 Å². The first-order valence-corrected chi connectivity index (χ1v) is 11.0. The fourth-order valence-electron chi connectivity index (χ4n) is 4.58. The molecule has 9 heteroatoms. The number of para-hydroxylation sites is 1. The number of fused-ring (bicyclic) bond motifs is 3. The third-order valence-electron chi connectivity index (χ3n) is 6.44. The summed E-state index contributed by atoms with van der Waals surface area (Å²) in [6.45, 7) is 2.94. The molecule has 0 bridgehead atoms. The van der Waals surface area contributed by atoms with Crippen LogP contribution in [0, 0.1) is 5.92 Å². The molecule has 1 saturated carbocycles. The Bertz CT molecular complexity index is 1260. The van der Waals surface area contributed by atoms with Gasteiger partial charge in [-0.3, -0.25) is 4.68 Å². The van der Waals surface area contributed by atoms with E-state index in [1.807, 2.05) is 24.4 Å². The number of nitrogen functional groups attached to an aromatic ring is 1. The number of ether oxygens (including phenoxy) is 1. The summed E-state index contributed by atoms with van der Waals surface area (Å²) in [6, 6.07) is 5.81. The topological polar surface area (TPSA) is 99.4 Å². The summed E-state index contributed by atoms with van der Waals surface area (Å²) in [4.78, 5) is 11.8. The van der Waals surface area contributed by atoms with Crippen LogP contribution in [0.2, 0.25) is 0 Å². The van der Waals surface area contributed by atoms with Gasteiger partial charge < -0.3 is 15.4 Å². The van der Waals surface area contributed by atoms with Crippen molar-refractivity contribution in [3.05, 3.63) is 36.4 Å². The molecule has 1 atom stereocenters. The van der Waals surface area contributed by atoms with Crippen LogP contribution in [0.1, 0.15) is 37.4 Å². The maximum absolute atomic E-state index is 6.23. The molecular formula is C22H26N8O. The molecule has 2 aliphatic rings. The number of anilines is 2. The summed E-state index contributed by atoms with van der Waals surface area (Å²) in [5.41, 5.74) is 8.85. The van der Waals surface area contributed by atoms with Gasteiger partial charge in [-0.25, -0.2) is 9.97 Å². The van der Waals surface area contributed by atoms with Gasteiger partial charge in [0.05, 0.1) is 19.0 Å². The van der Waals surface area contributed by atoms with E-state index in [1.54, 1.807) is 11.6 Å². The van der Waals surface area contributed by atoms with Crippen molar-refractivity contribution in [2.45, 2.75) is 38.1 Å². The van der Waals surface area contributed by atoms with Crippen molar-refractivity contribution in [3.63, 3.8) is 0 Å². The second-order valence-electron chi connectivity index (χ2n) is 8.68. The minimum absolute atomic E-state index is 0.237. The lowest BCUT2D eigenvalue weighted by atomic mass is 9.97. The molecule has 2 N–H and O–H groups in total. The van der Waals surface area contributed by atoms with E-state index in [-0.39, 0.29) is 5.92 Å². The van der Waals surface area contributed by atoms with Gasteiger partial charge in [0.15, 0.2) is 11.5 Å². The Morgan fingerprint density at radius 3 is 2.94 bits per heavy atom. The van der Waals surface area contributed by atoms with Gasteiger partial charge in [0.2, 0.25) is 5.95 Å². The molecule has 0 spiro atoms. The van der Waals surface area contributed by atoms with Crippen molar-refractivity contribution in [1.82, 2.24) is 29.4 Å². The van der Waals surface area contributed by atoms with Gasteiger partial charge in [-0.2, -0.15) is 9.61 Å². The first kappa shape index (κ1) is 18.4. The number of benzene rings is 1. The van der Waals surface area contributed by atoms with E-state index >= 15 is 0 Å². The first-order chi connectivity index (χ1) is 15.2. The molecule has 4 heterocycles.